The van der Waals surface area contributed by atoms with Crippen LogP contribution in [-0.4, -0.2) is 33.6 Å². The molecule has 1 N–H and O–H groups in total. The predicted molar refractivity (Wildman–Crippen MR) is 161 cm³/mol. The van der Waals surface area contributed by atoms with Crippen molar-refractivity contribution in [2.24, 2.45) is 5.10 Å². The number of benzene rings is 3. The summed E-state index contributed by atoms with van der Waals surface area (Å²) >= 11 is 10.6. The largest absolute Gasteiger partial charge is 0.490 e. The number of carbonyl (C=O) groups is 1. The van der Waals surface area contributed by atoms with Crippen molar-refractivity contribution < 1.29 is 19.4 Å². The molecule has 1 aromatic heterocycles. The number of hydrogen-bond acceptors (Lipinski definition) is 6. The average Bonchev–Trinajstić information content (AvgIpc) is 2.91. The third-order valence-electron chi connectivity index (χ3n) is 5.67. The first-order valence-electron chi connectivity index (χ1n) is 12.1. The fourth-order valence-electron chi connectivity index (χ4n) is 3.86. The second-order valence-corrected chi connectivity index (χ2v) is 11.0. The molecule has 202 valence electrons. The van der Waals surface area contributed by atoms with E-state index in [1.54, 1.807) is 36.5 Å². The maximum Gasteiger partial charge on any atom is 0.335 e. The molecular formula is C28H24Br3N3O5. The van der Waals surface area contributed by atoms with Gasteiger partial charge in [0.1, 0.15) is 12.4 Å². The number of rotatable bonds is 10. The molecule has 39 heavy (non-hydrogen) atoms. The van der Waals surface area contributed by atoms with Crippen LogP contribution in [0.2, 0.25) is 0 Å². The summed E-state index contributed by atoms with van der Waals surface area (Å²) in [5, 5.41) is 14.3. The van der Waals surface area contributed by atoms with Crippen molar-refractivity contribution >= 4 is 70.9 Å². The Morgan fingerprint density at radius 3 is 2.59 bits per heavy atom. The van der Waals surface area contributed by atoms with E-state index in [4.69, 9.17) is 9.47 Å². The summed E-state index contributed by atoms with van der Waals surface area (Å²) in [4.78, 5) is 29.3. The zero-order valence-electron chi connectivity index (χ0n) is 21.1. The van der Waals surface area contributed by atoms with Crippen LogP contribution in [0.5, 0.6) is 11.5 Å². The van der Waals surface area contributed by atoms with Gasteiger partial charge in [-0.1, -0.05) is 35.0 Å². The van der Waals surface area contributed by atoms with Gasteiger partial charge in [-0.15, -0.1) is 0 Å². The molecule has 0 unspecified atom stereocenters. The highest BCUT2D eigenvalue weighted by Gasteiger charge is 2.18. The first kappa shape index (κ1) is 29.0. The Morgan fingerprint density at radius 1 is 1.08 bits per heavy atom. The van der Waals surface area contributed by atoms with Gasteiger partial charge >= 0.3 is 5.97 Å². The summed E-state index contributed by atoms with van der Waals surface area (Å²) in [6.07, 6.45) is 2.96. The van der Waals surface area contributed by atoms with Gasteiger partial charge < -0.3 is 14.6 Å². The van der Waals surface area contributed by atoms with Crippen molar-refractivity contribution in [1.82, 2.24) is 9.66 Å². The molecule has 0 saturated heterocycles. The molecule has 1 heterocycles. The van der Waals surface area contributed by atoms with E-state index in [9.17, 15) is 14.7 Å². The molecule has 0 aliphatic carbocycles. The predicted octanol–water partition coefficient (Wildman–Crippen LogP) is 7.19. The first-order valence-corrected chi connectivity index (χ1v) is 14.5. The second kappa shape index (κ2) is 12.9. The third kappa shape index (κ3) is 6.59. The molecule has 0 radical (unpaired) electrons. The number of hydrogen-bond donors (Lipinski definition) is 1. The second-order valence-electron chi connectivity index (χ2n) is 8.45. The Kier molecular flexibility index (Phi) is 9.58. The van der Waals surface area contributed by atoms with Gasteiger partial charge in [-0.05, 0) is 87.2 Å². The van der Waals surface area contributed by atoms with Crippen LogP contribution < -0.4 is 15.0 Å². The van der Waals surface area contributed by atoms with Gasteiger partial charge in [-0.25, -0.2) is 9.78 Å². The lowest BCUT2D eigenvalue weighted by Crippen LogP contribution is -2.22. The summed E-state index contributed by atoms with van der Waals surface area (Å²) in [5.74, 6) is 0.472. The number of fused-ring (bicyclic) bond motifs is 1. The van der Waals surface area contributed by atoms with Gasteiger partial charge in [0.05, 0.1) is 33.8 Å². The van der Waals surface area contributed by atoms with Gasteiger partial charge in [0.25, 0.3) is 5.56 Å². The molecule has 0 aliphatic rings. The number of ether oxygens (including phenoxy) is 2. The molecule has 3 aromatic carbocycles. The van der Waals surface area contributed by atoms with Crippen molar-refractivity contribution in [2.75, 3.05) is 6.61 Å². The first-order chi connectivity index (χ1) is 18.7. The van der Waals surface area contributed by atoms with Crippen molar-refractivity contribution in [3.63, 3.8) is 0 Å². The van der Waals surface area contributed by atoms with Crippen LogP contribution >= 0.6 is 47.8 Å². The Bertz CT molecular complexity index is 1640. The molecule has 0 spiro atoms. The monoisotopic (exact) mass is 719 g/mol. The summed E-state index contributed by atoms with van der Waals surface area (Å²) in [6, 6.07) is 13.7. The fourth-order valence-corrected chi connectivity index (χ4v) is 5.16. The smallest absolute Gasteiger partial charge is 0.335 e. The van der Waals surface area contributed by atoms with E-state index < -0.39 is 5.97 Å². The number of aryl methyl sites for hydroxylation is 1. The van der Waals surface area contributed by atoms with Crippen molar-refractivity contribution in [3.05, 3.63) is 94.8 Å². The number of aromatic nitrogens is 2. The van der Waals surface area contributed by atoms with E-state index >= 15 is 0 Å². The number of aromatic carboxylic acids is 1. The van der Waals surface area contributed by atoms with Crippen LogP contribution in [0.15, 0.2) is 71.8 Å². The molecule has 11 heteroatoms. The van der Waals surface area contributed by atoms with Crippen LogP contribution in [0.25, 0.3) is 10.9 Å². The van der Waals surface area contributed by atoms with Crippen LogP contribution in [0.3, 0.4) is 0 Å². The zero-order valence-corrected chi connectivity index (χ0v) is 25.8. The molecule has 4 rings (SSSR count). The Morgan fingerprint density at radius 2 is 1.87 bits per heavy atom. The summed E-state index contributed by atoms with van der Waals surface area (Å²) in [5.41, 5.74) is 1.89. The number of carboxylic acid groups (broad SMARTS) is 1. The minimum atomic E-state index is -1.00. The normalized spacial score (nSPS) is 11.3. The molecule has 0 saturated carbocycles. The van der Waals surface area contributed by atoms with Gasteiger partial charge in [0, 0.05) is 20.9 Å². The van der Waals surface area contributed by atoms with E-state index in [-0.39, 0.29) is 17.7 Å². The molecule has 0 atom stereocenters. The Labute approximate surface area is 250 Å². The van der Waals surface area contributed by atoms with Crippen molar-refractivity contribution in [1.29, 1.82) is 0 Å². The van der Waals surface area contributed by atoms with E-state index in [1.165, 1.54) is 10.7 Å². The van der Waals surface area contributed by atoms with Crippen LogP contribution in [0.4, 0.5) is 0 Å². The quantitative estimate of drug-likeness (QED) is 0.174. The van der Waals surface area contributed by atoms with Gasteiger partial charge in [0.2, 0.25) is 0 Å². The molecule has 0 fully saturated rings. The standard InChI is InChI=1S/C28H24Br3N3O5/c1-3-6-23-33-21-10-9-19(29)13-20(21)27(35)34(23)32-14-18-12-22(38-4-2)26(25(31)24(18)30)39-15-16-7-5-8-17(11-16)28(36)37/h5,7-14H,3-4,6,15H2,1-2H3,(H,36,37). The summed E-state index contributed by atoms with van der Waals surface area (Å²) in [6.45, 7) is 4.40. The highest BCUT2D eigenvalue weighted by Crippen LogP contribution is 2.43. The number of carboxylic acids is 1. The summed E-state index contributed by atoms with van der Waals surface area (Å²) in [7, 11) is 0. The van der Waals surface area contributed by atoms with E-state index in [2.05, 4.69) is 57.9 Å². The lowest BCUT2D eigenvalue weighted by molar-refractivity contribution is 0.0696. The maximum atomic E-state index is 13.3. The minimum Gasteiger partial charge on any atom is -0.490 e. The van der Waals surface area contributed by atoms with Gasteiger partial charge in [-0.2, -0.15) is 9.78 Å². The third-order valence-corrected chi connectivity index (χ3v) is 8.31. The Hall–Kier alpha value is -3.02. The highest BCUT2D eigenvalue weighted by molar-refractivity contribution is 9.13. The fraction of sp³-hybridized carbons (Fsp3) is 0.214. The summed E-state index contributed by atoms with van der Waals surface area (Å²) < 4.78 is 15.3. The van der Waals surface area contributed by atoms with E-state index in [1.807, 2.05) is 26.0 Å². The highest BCUT2D eigenvalue weighted by atomic mass is 79.9. The van der Waals surface area contributed by atoms with Crippen LogP contribution in [0.1, 0.15) is 47.6 Å². The topological polar surface area (TPSA) is 103 Å². The van der Waals surface area contributed by atoms with Crippen LogP contribution in [-0.2, 0) is 13.0 Å². The van der Waals surface area contributed by atoms with E-state index in [0.717, 1.165) is 10.9 Å². The molecule has 8 nitrogen and oxygen atoms in total. The zero-order chi connectivity index (χ0) is 28.1. The van der Waals surface area contributed by atoms with Crippen LogP contribution in [0, 0.1) is 0 Å². The van der Waals surface area contributed by atoms with Gasteiger partial charge in [-0.3, -0.25) is 4.79 Å². The minimum absolute atomic E-state index is 0.133. The SMILES string of the molecule is CCCc1nc2ccc(Br)cc2c(=O)n1N=Cc1cc(OCC)c(OCc2cccc(C(=O)O)c2)c(Br)c1Br. The lowest BCUT2D eigenvalue weighted by Gasteiger charge is -2.16. The molecule has 0 amide bonds. The molecular weight excluding hydrogens is 698 g/mol. The van der Waals surface area contributed by atoms with E-state index in [0.29, 0.717) is 61.3 Å². The number of nitrogens with zero attached hydrogens (tertiary/aromatic N) is 3. The maximum absolute atomic E-state index is 13.3. The van der Waals surface area contributed by atoms with Crippen molar-refractivity contribution in [2.45, 2.75) is 33.3 Å². The molecule has 0 aliphatic heterocycles. The van der Waals surface area contributed by atoms with Gasteiger partial charge in [0.15, 0.2) is 11.5 Å². The van der Waals surface area contributed by atoms with Crippen molar-refractivity contribution in [3.8, 4) is 11.5 Å². The molecule has 0 bridgehead atoms. The lowest BCUT2D eigenvalue weighted by atomic mass is 10.1. The number of halogens is 3. The molecule has 4 aromatic rings. The average molecular weight is 722 g/mol. The Balaban J connectivity index is 1.72.